The number of carboxylic acid groups (broad SMARTS) is 1. The number of halogens is 4. The van der Waals surface area contributed by atoms with Gasteiger partial charge in [0.2, 0.25) is 11.7 Å². The Morgan fingerprint density at radius 1 is 0.813 bits per heavy atom. The van der Waals surface area contributed by atoms with Crippen molar-refractivity contribution in [1.82, 2.24) is 33.6 Å². The van der Waals surface area contributed by atoms with Gasteiger partial charge in [-0.1, -0.05) is 28.9 Å². The zero-order valence-corrected chi connectivity index (χ0v) is 42.8. The molecule has 75 heavy (non-hydrogen) atoms. The number of carbonyl (C=O) groups excluding carboxylic acids is 1. The average molecular weight is 1060 g/mol. The van der Waals surface area contributed by atoms with E-state index in [4.69, 9.17) is 30.3 Å². The molecule has 5 aromatic heterocycles. The summed E-state index contributed by atoms with van der Waals surface area (Å²) in [5.74, 6) is 2.06. The number of aromatic nitrogens is 7. The lowest BCUT2D eigenvalue weighted by Gasteiger charge is -2.15. The largest absolute Gasteiger partial charge is 0.497 e. The molecule has 0 spiro atoms. The van der Waals surface area contributed by atoms with Crippen LogP contribution in [0.3, 0.4) is 0 Å². The first-order valence-corrected chi connectivity index (χ1v) is 24.6. The number of ether oxygens (including phenoxy) is 3. The monoisotopic (exact) mass is 1060 g/mol. The van der Waals surface area contributed by atoms with Gasteiger partial charge in [0.05, 0.1) is 54.9 Å². The van der Waals surface area contributed by atoms with Crippen LogP contribution >= 0.6 is 22.9 Å². The van der Waals surface area contributed by atoms with E-state index in [0.717, 1.165) is 23.9 Å². The smallest absolute Gasteiger partial charge is 0.443 e. The van der Waals surface area contributed by atoms with E-state index in [1.807, 2.05) is 42.5 Å². The number of hydrogen-bond donors (Lipinski definition) is 1. The molecular formula is C55H47ClF3N7O8S. The van der Waals surface area contributed by atoms with Crippen LogP contribution < -0.4 is 19.8 Å². The third kappa shape index (κ3) is 10.6. The van der Waals surface area contributed by atoms with E-state index in [-0.39, 0.29) is 23.9 Å². The summed E-state index contributed by atoms with van der Waals surface area (Å²) in [6.45, 7) is 5.75. The molecule has 5 aromatic carbocycles. The molecule has 384 valence electrons. The Bertz CT molecular complexity index is 3720. The van der Waals surface area contributed by atoms with Crippen LogP contribution in [0.4, 0.5) is 13.2 Å². The summed E-state index contributed by atoms with van der Waals surface area (Å²) < 4.78 is 65.4. The van der Waals surface area contributed by atoms with Gasteiger partial charge in [-0.05, 0) is 148 Å². The maximum atomic E-state index is 13.2. The first kappa shape index (κ1) is 51.6. The van der Waals surface area contributed by atoms with Crippen LogP contribution in [-0.2, 0) is 17.4 Å². The maximum Gasteiger partial charge on any atom is 0.443 e. The van der Waals surface area contributed by atoms with Crippen LogP contribution in [0.25, 0.3) is 60.7 Å². The molecule has 15 nitrogen and oxygen atoms in total. The van der Waals surface area contributed by atoms with Crippen molar-refractivity contribution in [2.75, 3.05) is 21.3 Å². The fourth-order valence-corrected chi connectivity index (χ4v) is 9.69. The van der Waals surface area contributed by atoms with Crippen LogP contribution in [0.2, 0.25) is 5.02 Å². The van der Waals surface area contributed by atoms with Gasteiger partial charge in [0.25, 0.3) is 11.5 Å². The predicted molar refractivity (Wildman–Crippen MR) is 279 cm³/mol. The number of rotatable bonds is 11. The normalized spacial score (nSPS) is 12.4. The highest BCUT2D eigenvalue weighted by atomic mass is 35.5. The Morgan fingerprint density at radius 2 is 1.43 bits per heavy atom. The number of alkyl halides is 3. The lowest BCUT2D eigenvalue weighted by Crippen LogP contribution is -2.24. The van der Waals surface area contributed by atoms with E-state index >= 15 is 0 Å². The Kier molecular flexibility index (Phi) is 14.6. The topological polar surface area (TPSA) is 178 Å². The van der Waals surface area contributed by atoms with Gasteiger partial charge in [-0.15, -0.1) is 11.3 Å². The minimum absolute atomic E-state index is 0.0254. The summed E-state index contributed by atoms with van der Waals surface area (Å²) in [5, 5.41) is 13.7. The third-order valence-corrected chi connectivity index (χ3v) is 13.8. The molecule has 5 heterocycles. The van der Waals surface area contributed by atoms with Gasteiger partial charge in [-0.25, -0.2) is 9.97 Å². The number of thiazole rings is 1. The SMILES string of the molecule is CC(C)n1c(=O)c2c(-c3noc(C4CC4)n3)ncn2c2ccccc21.COc1ccc(-c2nc(C(F)(F)F)sc2-c2ccc(OC)cc2)cc1.COc1ccc2c(c1)c(CC(=O)O)c(C)n2C(=O)c1ccc(Cl)cc1. The van der Waals surface area contributed by atoms with Gasteiger partial charge >= 0.3 is 12.1 Å². The average Bonchev–Trinajstić information content (AvgIpc) is 3.71. The van der Waals surface area contributed by atoms with Crippen molar-refractivity contribution in [3.8, 4) is 50.5 Å². The van der Waals surface area contributed by atoms with E-state index in [9.17, 15) is 32.7 Å². The number of para-hydroxylation sites is 2. The van der Waals surface area contributed by atoms with Gasteiger partial charge in [-0.2, -0.15) is 18.2 Å². The van der Waals surface area contributed by atoms with Crippen molar-refractivity contribution >= 4 is 62.3 Å². The highest BCUT2D eigenvalue weighted by Crippen LogP contribution is 2.44. The standard InChI is InChI=1S/C19H16ClNO4.C18H14F3NO2S.C18H17N5O2/c1-11-15(10-18(22)23)16-9-14(25-2)7-8-17(16)21(11)19(24)12-3-5-13(20)6-4-12;1-23-13-7-3-11(4-8-13)15-16(25-17(22-15)18(19,20)21)12-5-9-14(24-2)10-6-12;1-10(2)23-13-6-4-3-5-12(13)22-9-19-14(15(22)18(23)24)16-20-17(25-21-16)11-7-8-11/h3-9H,10H2,1-2H3,(H,22,23);3-10H,1-2H3;3-6,9-11H,7-8H2,1-2H3. The van der Waals surface area contributed by atoms with Gasteiger partial charge < -0.3 is 28.4 Å². The molecule has 0 atom stereocenters. The zero-order valence-electron chi connectivity index (χ0n) is 41.2. The number of carboxylic acids is 1. The molecule has 10 aromatic rings. The highest BCUT2D eigenvalue weighted by Gasteiger charge is 2.37. The number of benzene rings is 5. The Balaban J connectivity index is 0.000000138. The molecule has 0 radical (unpaired) electrons. The van der Waals surface area contributed by atoms with Crippen molar-refractivity contribution in [3.05, 3.63) is 165 Å². The van der Waals surface area contributed by atoms with Gasteiger partial charge in [0, 0.05) is 39.2 Å². The van der Waals surface area contributed by atoms with Crippen molar-refractivity contribution in [1.29, 1.82) is 0 Å². The zero-order chi connectivity index (χ0) is 53.3. The molecule has 0 bridgehead atoms. The van der Waals surface area contributed by atoms with Crippen molar-refractivity contribution in [2.24, 2.45) is 0 Å². The molecule has 0 saturated heterocycles. The number of carbonyl (C=O) groups is 2. The fourth-order valence-electron chi connectivity index (χ4n) is 8.61. The van der Waals surface area contributed by atoms with E-state index in [2.05, 4.69) is 20.1 Å². The second-order valence-corrected chi connectivity index (χ2v) is 19.1. The summed E-state index contributed by atoms with van der Waals surface area (Å²) in [6, 6.07) is 33.4. The lowest BCUT2D eigenvalue weighted by atomic mass is 10.1. The number of hydrogen-bond acceptors (Lipinski definition) is 12. The molecule has 0 aliphatic heterocycles. The van der Waals surface area contributed by atoms with Gasteiger partial charge in [0.15, 0.2) is 5.01 Å². The fraction of sp³-hybridized carbons (Fsp3) is 0.218. The Hall–Kier alpha value is -8.29. The summed E-state index contributed by atoms with van der Waals surface area (Å²) in [6.07, 6.45) is -0.841. The van der Waals surface area contributed by atoms with Crippen molar-refractivity contribution < 1.29 is 46.6 Å². The third-order valence-electron chi connectivity index (χ3n) is 12.4. The molecule has 0 amide bonds. The van der Waals surface area contributed by atoms with Gasteiger partial charge in [-0.3, -0.25) is 23.4 Å². The second-order valence-electron chi connectivity index (χ2n) is 17.6. The van der Waals surface area contributed by atoms with Crippen molar-refractivity contribution in [3.63, 3.8) is 0 Å². The Labute approximate surface area is 435 Å². The highest BCUT2D eigenvalue weighted by molar-refractivity contribution is 7.15. The Morgan fingerprint density at radius 3 is 2.01 bits per heavy atom. The summed E-state index contributed by atoms with van der Waals surface area (Å²) >= 11 is 6.52. The predicted octanol–water partition coefficient (Wildman–Crippen LogP) is 12.6. The van der Waals surface area contributed by atoms with E-state index in [1.165, 1.54) is 18.8 Å². The molecule has 1 N–H and O–H groups in total. The van der Waals surface area contributed by atoms with E-state index in [1.54, 1.807) is 116 Å². The van der Waals surface area contributed by atoms with Crippen LogP contribution in [0.5, 0.6) is 17.2 Å². The minimum atomic E-state index is -4.49. The molecule has 1 aliphatic carbocycles. The number of methoxy groups -OCH3 is 3. The van der Waals surface area contributed by atoms with E-state index < -0.39 is 17.2 Å². The molecule has 11 rings (SSSR count). The molecule has 1 saturated carbocycles. The first-order chi connectivity index (χ1) is 36.0. The summed E-state index contributed by atoms with van der Waals surface area (Å²) in [7, 11) is 4.61. The lowest BCUT2D eigenvalue weighted by molar-refractivity contribution is -0.138. The van der Waals surface area contributed by atoms with E-state index in [0.29, 0.717) is 112 Å². The second kappa shape index (κ2) is 21.3. The minimum Gasteiger partial charge on any atom is -0.497 e. The number of imidazole rings is 1. The first-order valence-electron chi connectivity index (χ1n) is 23.4. The summed E-state index contributed by atoms with van der Waals surface area (Å²) in [5.41, 5.74) is 6.53. The number of nitrogens with zero attached hydrogens (tertiary/aromatic N) is 7. The molecular weight excluding hydrogens is 1010 g/mol. The molecule has 1 fully saturated rings. The quantitative estimate of drug-likeness (QED) is 0.130. The van der Waals surface area contributed by atoms with Crippen molar-refractivity contribution in [2.45, 2.75) is 58.2 Å². The van der Waals surface area contributed by atoms with Crippen LogP contribution in [-0.4, -0.2) is 72.0 Å². The van der Waals surface area contributed by atoms with Crippen LogP contribution in [0, 0.1) is 6.92 Å². The number of fused-ring (bicyclic) bond motifs is 4. The molecule has 20 heteroatoms. The molecule has 1 aliphatic rings. The van der Waals surface area contributed by atoms with Crippen LogP contribution in [0.1, 0.15) is 71.2 Å². The summed E-state index contributed by atoms with van der Waals surface area (Å²) in [4.78, 5) is 50.7. The van der Waals surface area contributed by atoms with Crippen LogP contribution in [0.15, 0.2) is 131 Å². The van der Waals surface area contributed by atoms with Gasteiger partial charge in [0.1, 0.15) is 34.8 Å². The maximum absolute atomic E-state index is 13.2. The number of aliphatic carboxylic acids is 1. The molecule has 0 unspecified atom stereocenters.